The Bertz CT molecular complexity index is 951. The standard InChI is InChI=1S/C21H23ClN4O2/c1-14(2)13-28-19-9-7-16(8-10-19)12-23-21(27)20-15(3)26(25-24-20)18-6-4-5-17(22)11-18/h4-11,14H,12-13H2,1-3H3,(H,23,27). The minimum absolute atomic E-state index is 0.272. The highest BCUT2D eigenvalue weighted by Crippen LogP contribution is 2.17. The van der Waals surface area contributed by atoms with Crippen LogP contribution in [0.5, 0.6) is 5.75 Å². The molecule has 0 aliphatic rings. The molecule has 0 spiro atoms. The molecule has 7 heteroatoms. The Labute approximate surface area is 169 Å². The lowest BCUT2D eigenvalue weighted by Gasteiger charge is -2.09. The molecular weight excluding hydrogens is 376 g/mol. The molecule has 1 aromatic heterocycles. The van der Waals surface area contributed by atoms with Gasteiger partial charge in [-0.05, 0) is 48.7 Å². The molecule has 28 heavy (non-hydrogen) atoms. The first-order chi connectivity index (χ1) is 13.4. The van der Waals surface area contributed by atoms with Crippen LogP contribution in [0.15, 0.2) is 48.5 Å². The lowest BCUT2D eigenvalue weighted by molar-refractivity contribution is 0.0945. The fraction of sp³-hybridized carbons (Fsp3) is 0.286. The lowest BCUT2D eigenvalue weighted by atomic mass is 10.2. The maximum atomic E-state index is 12.5. The molecule has 2 aromatic carbocycles. The molecule has 1 N–H and O–H groups in total. The van der Waals surface area contributed by atoms with E-state index in [4.69, 9.17) is 16.3 Å². The maximum Gasteiger partial charge on any atom is 0.274 e. The third-order valence-corrected chi connectivity index (χ3v) is 4.36. The van der Waals surface area contributed by atoms with Gasteiger partial charge in [0.1, 0.15) is 5.75 Å². The van der Waals surface area contributed by atoms with Crippen molar-refractivity contribution in [3.8, 4) is 11.4 Å². The first-order valence-corrected chi connectivity index (χ1v) is 9.50. The molecule has 0 atom stereocenters. The summed E-state index contributed by atoms with van der Waals surface area (Å²) in [5.74, 6) is 1.03. The highest BCUT2D eigenvalue weighted by Gasteiger charge is 2.17. The number of carbonyl (C=O) groups is 1. The smallest absolute Gasteiger partial charge is 0.274 e. The van der Waals surface area contributed by atoms with Crippen LogP contribution in [-0.2, 0) is 6.54 Å². The first-order valence-electron chi connectivity index (χ1n) is 9.12. The van der Waals surface area contributed by atoms with Crippen LogP contribution in [0.25, 0.3) is 5.69 Å². The Balaban J connectivity index is 1.62. The number of hydrogen-bond acceptors (Lipinski definition) is 4. The Morgan fingerprint density at radius 2 is 1.96 bits per heavy atom. The zero-order valence-corrected chi connectivity index (χ0v) is 16.9. The summed E-state index contributed by atoms with van der Waals surface area (Å²) >= 11 is 6.03. The van der Waals surface area contributed by atoms with E-state index in [2.05, 4.69) is 29.5 Å². The first kappa shape index (κ1) is 19.9. The summed E-state index contributed by atoms with van der Waals surface area (Å²) in [6.07, 6.45) is 0. The fourth-order valence-electron chi connectivity index (χ4n) is 2.62. The van der Waals surface area contributed by atoms with Gasteiger partial charge in [-0.1, -0.05) is 48.9 Å². The number of nitrogens with one attached hydrogen (secondary N) is 1. The number of benzene rings is 2. The van der Waals surface area contributed by atoms with E-state index in [1.54, 1.807) is 23.7 Å². The number of carbonyl (C=O) groups excluding carboxylic acids is 1. The minimum atomic E-state index is -0.272. The van der Waals surface area contributed by atoms with Crippen LogP contribution >= 0.6 is 11.6 Å². The van der Waals surface area contributed by atoms with Gasteiger partial charge in [-0.25, -0.2) is 4.68 Å². The average molecular weight is 399 g/mol. The molecule has 0 bridgehead atoms. The molecular formula is C21H23ClN4O2. The topological polar surface area (TPSA) is 69.0 Å². The SMILES string of the molecule is Cc1c(C(=O)NCc2ccc(OCC(C)C)cc2)nnn1-c1cccc(Cl)c1. The normalized spacial score (nSPS) is 10.9. The number of halogens is 1. The molecule has 6 nitrogen and oxygen atoms in total. The van der Waals surface area contributed by atoms with Crippen molar-refractivity contribution in [1.82, 2.24) is 20.3 Å². The summed E-state index contributed by atoms with van der Waals surface area (Å²) in [6, 6.07) is 14.9. The number of ether oxygens (including phenoxy) is 1. The van der Waals surface area contributed by atoms with Gasteiger partial charge in [0.25, 0.3) is 5.91 Å². The largest absolute Gasteiger partial charge is 0.493 e. The van der Waals surface area contributed by atoms with Crippen LogP contribution in [0.4, 0.5) is 0 Å². The second-order valence-corrected chi connectivity index (χ2v) is 7.38. The second kappa shape index (κ2) is 8.89. The summed E-state index contributed by atoms with van der Waals surface area (Å²) in [5.41, 5.74) is 2.67. The van der Waals surface area contributed by atoms with Crippen molar-refractivity contribution in [1.29, 1.82) is 0 Å². The molecule has 3 rings (SSSR count). The monoisotopic (exact) mass is 398 g/mol. The second-order valence-electron chi connectivity index (χ2n) is 6.95. The number of amides is 1. The van der Waals surface area contributed by atoms with Gasteiger partial charge in [0.05, 0.1) is 18.0 Å². The van der Waals surface area contributed by atoms with Crippen LogP contribution < -0.4 is 10.1 Å². The third-order valence-electron chi connectivity index (χ3n) is 4.12. The van der Waals surface area contributed by atoms with Gasteiger partial charge in [0, 0.05) is 11.6 Å². The van der Waals surface area contributed by atoms with E-state index in [1.165, 1.54) is 0 Å². The fourth-order valence-corrected chi connectivity index (χ4v) is 2.81. The van der Waals surface area contributed by atoms with Crippen molar-refractivity contribution in [2.75, 3.05) is 6.61 Å². The predicted octanol–water partition coefficient (Wildman–Crippen LogP) is 4.19. The van der Waals surface area contributed by atoms with Crippen LogP contribution in [0, 0.1) is 12.8 Å². The van der Waals surface area contributed by atoms with Gasteiger partial charge in [-0.15, -0.1) is 5.10 Å². The van der Waals surface area contributed by atoms with Crippen LogP contribution in [0.3, 0.4) is 0 Å². The zero-order valence-electron chi connectivity index (χ0n) is 16.1. The molecule has 0 saturated carbocycles. The van der Waals surface area contributed by atoms with Crippen molar-refractivity contribution in [2.45, 2.75) is 27.3 Å². The summed E-state index contributed by atoms with van der Waals surface area (Å²) in [5, 5.41) is 11.6. The summed E-state index contributed by atoms with van der Waals surface area (Å²) in [7, 11) is 0. The van der Waals surface area contributed by atoms with Gasteiger partial charge in [0.15, 0.2) is 5.69 Å². The van der Waals surface area contributed by atoms with Crippen molar-refractivity contribution in [3.63, 3.8) is 0 Å². The van der Waals surface area contributed by atoms with Crippen molar-refractivity contribution < 1.29 is 9.53 Å². The van der Waals surface area contributed by atoms with Crippen LogP contribution in [-0.4, -0.2) is 27.5 Å². The van der Waals surface area contributed by atoms with Crippen LogP contribution in [0.1, 0.15) is 35.6 Å². The van der Waals surface area contributed by atoms with Gasteiger partial charge in [0.2, 0.25) is 0 Å². The van der Waals surface area contributed by atoms with E-state index >= 15 is 0 Å². The molecule has 1 amide bonds. The van der Waals surface area contributed by atoms with E-state index in [-0.39, 0.29) is 11.6 Å². The van der Waals surface area contributed by atoms with Gasteiger partial charge in [-0.2, -0.15) is 0 Å². The summed E-state index contributed by atoms with van der Waals surface area (Å²) in [4.78, 5) is 12.5. The highest BCUT2D eigenvalue weighted by atomic mass is 35.5. The molecule has 0 unspecified atom stereocenters. The number of aromatic nitrogens is 3. The van der Waals surface area contributed by atoms with Gasteiger partial charge in [-0.3, -0.25) is 4.79 Å². The van der Waals surface area contributed by atoms with Crippen molar-refractivity contribution in [3.05, 3.63) is 70.5 Å². The summed E-state index contributed by atoms with van der Waals surface area (Å²) in [6.45, 7) is 7.09. The molecule has 146 valence electrons. The number of nitrogens with zero attached hydrogens (tertiary/aromatic N) is 3. The van der Waals surface area contributed by atoms with Gasteiger partial charge < -0.3 is 10.1 Å². The Morgan fingerprint density at radius 1 is 1.21 bits per heavy atom. The third kappa shape index (κ3) is 4.89. The number of hydrogen-bond donors (Lipinski definition) is 1. The van der Waals surface area contributed by atoms with Crippen molar-refractivity contribution >= 4 is 17.5 Å². The van der Waals surface area contributed by atoms with E-state index in [9.17, 15) is 4.79 Å². The van der Waals surface area contributed by atoms with E-state index in [0.29, 0.717) is 29.8 Å². The minimum Gasteiger partial charge on any atom is -0.493 e. The highest BCUT2D eigenvalue weighted by molar-refractivity contribution is 6.30. The van der Waals surface area contributed by atoms with E-state index < -0.39 is 0 Å². The predicted molar refractivity (Wildman–Crippen MR) is 109 cm³/mol. The molecule has 0 aliphatic carbocycles. The molecule has 0 radical (unpaired) electrons. The molecule has 0 fully saturated rings. The molecule has 0 aliphatic heterocycles. The van der Waals surface area contributed by atoms with Crippen molar-refractivity contribution in [2.24, 2.45) is 5.92 Å². The Morgan fingerprint density at radius 3 is 2.64 bits per heavy atom. The molecule has 0 saturated heterocycles. The Kier molecular flexibility index (Phi) is 6.31. The van der Waals surface area contributed by atoms with Crippen LogP contribution in [0.2, 0.25) is 5.02 Å². The molecule has 1 heterocycles. The quantitative estimate of drug-likeness (QED) is 0.647. The van der Waals surface area contributed by atoms with E-state index in [1.807, 2.05) is 36.4 Å². The summed E-state index contributed by atoms with van der Waals surface area (Å²) < 4.78 is 7.27. The lowest BCUT2D eigenvalue weighted by Crippen LogP contribution is -2.24. The van der Waals surface area contributed by atoms with Gasteiger partial charge >= 0.3 is 0 Å². The average Bonchev–Trinajstić information content (AvgIpc) is 3.06. The van der Waals surface area contributed by atoms with E-state index in [0.717, 1.165) is 17.0 Å². The Hall–Kier alpha value is -2.86. The maximum absolute atomic E-state index is 12.5. The number of rotatable bonds is 7. The molecule has 3 aromatic rings. The zero-order chi connectivity index (χ0) is 20.1.